The normalized spacial score (nSPS) is 24.4. The van der Waals surface area contributed by atoms with Crippen LogP contribution in [0, 0.1) is 0 Å². The highest BCUT2D eigenvalue weighted by Gasteiger charge is 2.31. The van der Waals surface area contributed by atoms with Crippen molar-refractivity contribution in [3.05, 3.63) is 0 Å². The molecule has 14 heavy (non-hydrogen) atoms. The van der Waals surface area contributed by atoms with Crippen LogP contribution in [0.5, 0.6) is 0 Å². The van der Waals surface area contributed by atoms with Gasteiger partial charge in [0.2, 0.25) is 5.91 Å². The van der Waals surface area contributed by atoms with Crippen molar-refractivity contribution in [1.82, 2.24) is 9.80 Å². The van der Waals surface area contributed by atoms with Crippen LogP contribution in [0.3, 0.4) is 0 Å². The first kappa shape index (κ1) is 11.5. The van der Waals surface area contributed by atoms with E-state index < -0.39 is 0 Å². The summed E-state index contributed by atoms with van der Waals surface area (Å²) < 4.78 is 0. The Balaban J connectivity index is 2.57. The Hall–Kier alpha value is -0.610. The minimum atomic E-state index is 0.0142. The van der Waals surface area contributed by atoms with Gasteiger partial charge in [-0.25, -0.2) is 0 Å². The highest BCUT2D eigenvalue weighted by atomic mass is 16.2. The number of hydrogen-bond donors (Lipinski definition) is 1. The van der Waals surface area contributed by atoms with E-state index in [0.29, 0.717) is 6.54 Å². The molecule has 1 saturated heterocycles. The number of carbonyl (C=O) groups excluding carboxylic acids is 1. The van der Waals surface area contributed by atoms with Crippen LogP contribution in [0.1, 0.15) is 19.8 Å². The summed E-state index contributed by atoms with van der Waals surface area (Å²) in [4.78, 5) is 16.0. The Morgan fingerprint density at radius 3 is 2.79 bits per heavy atom. The fourth-order valence-electron chi connectivity index (χ4n) is 1.94. The number of rotatable bonds is 4. The highest BCUT2D eigenvalue weighted by molar-refractivity contribution is 5.82. The van der Waals surface area contributed by atoms with E-state index in [1.165, 1.54) is 0 Å². The molecule has 1 aliphatic rings. The quantitative estimate of drug-likeness (QED) is 0.687. The fourth-order valence-corrected chi connectivity index (χ4v) is 1.94. The summed E-state index contributed by atoms with van der Waals surface area (Å²) in [6.45, 7) is 5.40. The first-order chi connectivity index (χ1) is 6.70. The average Bonchev–Trinajstić information content (AvgIpc) is 2.17. The van der Waals surface area contributed by atoms with Gasteiger partial charge < -0.3 is 10.6 Å². The van der Waals surface area contributed by atoms with Gasteiger partial charge in [-0.3, -0.25) is 9.69 Å². The summed E-state index contributed by atoms with van der Waals surface area (Å²) in [6, 6.07) is 0.0142. The lowest BCUT2D eigenvalue weighted by molar-refractivity contribution is -0.141. The van der Waals surface area contributed by atoms with Gasteiger partial charge >= 0.3 is 0 Å². The van der Waals surface area contributed by atoms with E-state index in [9.17, 15) is 4.79 Å². The second-order valence-electron chi connectivity index (χ2n) is 3.90. The second-order valence-corrected chi connectivity index (χ2v) is 3.90. The highest BCUT2D eigenvalue weighted by Crippen LogP contribution is 2.12. The van der Waals surface area contributed by atoms with E-state index in [2.05, 4.69) is 11.8 Å². The molecule has 0 radical (unpaired) electrons. The van der Waals surface area contributed by atoms with Crippen molar-refractivity contribution >= 4 is 5.91 Å². The molecule has 0 aliphatic carbocycles. The molecule has 1 atom stereocenters. The molecule has 0 spiro atoms. The van der Waals surface area contributed by atoms with Gasteiger partial charge in [0.05, 0.1) is 6.04 Å². The van der Waals surface area contributed by atoms with Crippen LogP contribution < -0.4 is 5.73 Å². The Bertz CT molecular complexity index is 196. The molecule has 0 bridgehead atoms. The average molecular weight is 199 g/mol. The molecule has 1 fully saturated rings. The van der Waals surface area contributed by atoms with Gasteiger partial charge in [-0.15, -0.1) is 0 Å². The number of amides is 1. The molecule has 82 valence electrons. The molecule has 1 unspecified atom stereocenters. The summed E-state index contributed by atoms with van der Waals surface area (Å²) >= 11 is 0. The van der Waals surface area contributed by atoms with Crippen molar-refractivity contribution in [2.75, 3.05) is 33.2 Å². The SMILES string of the molecule is CCCN1CCN(C)C(CCN)C1=O. The molecular weight excluding hydrogens is 178 g/mol. The monoisotopic (exact) mass is 199 g/mol. The molecule has 0 aromatic carbocycles. The van der Waals surface area contributed by atoms with Crippen molar-refractivity contribution in [3.63, 3.8) is 0 Å². The smallest absolute Gasteiger partial charge is 0.240 e. The van der Waals surface area contributed by atoms with Crippen molar-refractivity contribution in [2.45, 2.75) is 25.8 Å². The van der Waals surface area contributed by atoms with Gasteiger partial charge in [-0.1, -0.05) is 6.92 Å². The third kappa shape index (κ3) is 2.45. The minimum Gasteiger partial charge on any atom is -0.340 e. The summed E-state index contributed by atoms with van der Waals surface area (Å²) in [5.41, 5.74) is 5.51. The lowest BCUT2D eigenvalue weighted by atomic mass is 10.1. The first-order valence-electron chi connectivity index (χ1n) is 5.39. The maximum atomic E-state index is 11.9. The van der Waals surface area contributed by atoms with Crippen LogP contribution in [0.25, 0.3) is 0 Å². The van der Waals surface area contributed by atoms with E-state index in [1.807, 2.05) is 11.9 Å². The standard InChI is InChI=1S/C10H21N3O/c1-3-6-13-8-7-12(2)9(4-5-11)10(13)14/h9H,3-8,11H2,1-2H3. The molecule has 4 heteroatoms. The van der Waals surface area contributed by atoms with Crippen LogP contribution >= 0.6 is 0 Å². The van der Waals surface area contributed by atoms with Crippen LogP contribution in [0.4, 0.5) is 0 Å². The fraction of sp³-hybridized carbons (Fsp3) is 0.900. The largest absolute Gasteiger partial charge is 0.340 e. The van der Waals surface area contributed by atoms with E-state index >= 15 is 0 Å². The maximum Gasteiger partial charge on any atom is 0.240 e. The van der Waals surface area contributed by atoms with E-state index in [-0.39, 0.29) is 11.9 Å². The molecule has 0 saturated carbocycles. The van der Waals surface area contributed by atoms with Crippen molar-refractivity contribution in [3.8, 4) is 0 Å². The van der Waals surface area contributed by atoms with E-state index in [0.717, 1.165) is 32.5 Å². The lowest BCUT2D eigenvalue weighted by Crippen LogP contribution is -2.56. The maximum absolute atomic E-state index is 11.9. The Morgan fingerprint density at radius 2 is 2.21 bits per heavy atom. The summed E-state index contributed by atoms with van der Waals surface area (Å²) in [6.07, 6.45) is 1.81. The van der Waals surface area contributed by atoms with Gasteiger partial charge in [0.25, 0.3) is 0 Å². The molecule has 2 N–H and O–H groups in total. The van der Waals surface area contributed by atoms with Crippen molar-refractivity contribution in [2.24, 2.45) is 5.73 Å². The number of nitrogens with two attached hydrogens (primary N) is 1. The zero-order valence-corrected chi connectivity index (χ0v) is 9.20. The molecule has 0 aromatic heterocycles. The lowest BCUT2D eigenvalue weighted by Gasteiger charge is -2.38. The molecule has 1 rings (SSSR count). The third-order valence-electron chi connectivity index (χ3n) is 2.79. The second kappa shape index (κ2) is 5.32. The molecule has 1 aliphatic heterocycles. The van der Waals surface area contributed by atoms with Crippen LogP contribution in [-0.4, -0.2) is 55.0 Å². The number of likely N-dealkylation sites (N-methyl/N-ethyl adjacent to an activating group) is 1. The Morgan fingerprint density at radius 1 is 1.50 bits per heavy atom. The topological polar surface area (TPSA) is 49.6 Å². The zero-order valence-electron chi connectivity index (χ0n) is 9.20. The van der Waals surface area contributed by atoms with Crippen LogP contribution in [-0.2, 0) is 4.79 Å². The Kier molecular flexibility index (Phi) is 4.35. The molecular formula is C10H21N3O. The van der Waals surface area contributed by atoms with E-state index in [1.54, 1.807) is 0 Å². The zero-order chi connectivity index (χ0) is 10.6. The molecule has 0 aromatic rings. The van der Waals surface area contributed by atoms with Gasteiger partial charge in [0.1, 0.15) is 0 Å². The molecule has 1 heterocycles. The van der Waals surface area contributed by atoms with Gasteiger partial charge in [-0.05, 0) is 26.4 Å². The summed E-state index contributed by atoms with van der Waals surface area (Å²) in [5.74, 6) is 0.256. The molecule has 1 amide bonds. The number of piperazine rings is 1. The van der Waals surface area contributed by atoms with Crippen molar-refractivity contribution in [1.29, 1.82) is 0 Å². The predicted molar refractivity (Wildman–Crippen MR) is 57.0 cm³/mol. The van der Waals surface area contributed by atoms with E-state index in [4.69, 9.17) is 5.73 Å². The third-order valence-corrected chi connectivity index (χ3v) is 2.79. The minimum absolute atomic E-state index is 0.0142. The van der Waals surface area contributed by atoms with Crippen LogP contribution in [0.15, 0.2) is 0 Å². The van der Waals surface area contributed by atoms with Gasteiger partial charge in [-0.2, -0.15) is 0 Å². The molecule has 4 nitrogen and oxygen atoms in total. The predicted octanol–water partition coefficient (Wildman–Crippen LogP) is -0.112. The van der Waals surface area contributed by atoms with Gasteiger partial charge in [0, 0.05) is 19.6 Å². The number of nitrogens with zero attached hydrogens (tertiary/aromatic N) is 2. The van der Waals surface area contributed by atoms with Crippen LogP contribution in [0.2, 0.25) is 0 Å². The summed E-state index contributed by atoms with van der Waals surface area (Å²) in [7, 11) is 2.00. The first-order valence-corrected chi connectivity index (χ1v) is 5.39. The van der Waals surface area contributed by atoms with Gasteiger partial charge in [0.15, 0.2) is 0 Å². The van der Waals surface area contributed by atoms with Crippen molar-refractivity contribution < 1.29 is 4.79 Å². The number of hydrogen-bond acceptors (Lipinski definition) is 3. The Labute approximate surface area is 86.0 Å². The summed E-state index contributed by atoms with van der Waals surface area (Å²) in [5, 5.41) is 0. The number of carbonyl (C=O) groups is 1.